The quantitative estimate of drug-likeness (QED) is 0.907. The van der Waals surface area contributed by atoms with Gasteiger partial charge in [-0.1, -0.05) is 0 Å². The number of sulfone groups is 1. The molecule has 0 aliphatic carbocycles. The van der Waals surface area contributed by atoms with Gasteiger partial charge in [0, 0.05) is 11.8 Å². The Hall–Kier alpha value is -1.69. The third kappa shape index (κ3) is 3.13. The molecule has 2 aromatic rings. The number of H-pyrrole nitrogens is 1. The Balaban J connectivity index is 2.27. The van der Waals surface area contributed by atoms with E-state index in [-0.39, 0.29) is 11.6 Å². The van der Waals surface area contributed by atoms with E-state index in [2.05, 4.69) is 10.2 Å². The Morgan fingerprint density at radius 3 is 2.53 bits per heavy atom. The van der Waals surface area contributed by atoms with E-state index in [1.807, 2.05) is 0 Å². The van der Waals surface area contributed by atoms with Crippen molar-refractivity contribution in [3.8, 4) is 11.3 Å². The molecule has 90 valence electrons. The van der Waals surface area contributed by atoms with Crippen molar-refractivity contribution in [1.82, 2.24) is 10.2 Å². The predicted molar refractivity (Wildman–Crippen MR) is 62.5 cm³/mol. The van der Waals surface area contributed by atoms with Crippen LogP contribution in [0.3, 0.4) is 0 Å². The number of rotatable bonds is 3. The summed E-state index contributed by atoms with van der Waals surface area (Å²) in [6, 6.07) is 7.50. The summed E-state index contributed by atoms with van der Waals surface area (Å²) in [7, 11) is -3.08. The van der Waals surface area contributed by atoms with E-state index >= 15 is 0 Å². The zero-order chi connectivity index (χ0) is 12.5. The van der Waals surface area contributed by atoms with Crippen LogP contribution in [0.2, 0.25) is 0 Å². The Morgan fingerprint density at radius 1 is 1.29 bits per heavy atom. The van der Waals surface area contributed by atoms with Gasteiger partial charge in [-0.25, -0.2) is 12.8 Å². The first-order chi connectivity index (χ1) is 7.94. The summed E-state index contributed by atoms with van der Waals surface area (Å²) < 4.78 is 34.9. The molecule has 2 rings (SSSR count). The van der Waals surface area contributed by atoms with Crippen molar-refractivity contribution in [1.29, 1.82) is 0 Å². The van der Waals surface area contributed by atoms with E-state index in [0.29, 0.717) is 11.4 Å². The molecule has 0 radical (unpaired) electrons. The van der Waals surface area contributed by atoms with Crippen molar-refractivity contribution < 1.29 is 12.8 Å². The maximum atomic E-state index is 12.7. The lowest BCUT2D eigenvalue weighted by Gasteiger charge is -1.94. The maximum Gasteiger partial charge on any atom is 0.153 e. The highest BCUT2D eigenvalue weighted by atomic mass is 32.2. The number of aromatic nitrogens is 2. The van der Waals surface area contributed by atoms with Crippen molar-refractivity contribution in [2.75, 3.05) is 6.26 Å². The molecule has 4 nitrogen and oxygen atoms in total. The summed E-state index contributed by atoms with van der Waals surface area (Å²) in [5, 5.41) is 6.64. The molecule has 0 atom stereocenters. The summed E-state index contributed by atoms with van der Waals surface area (Å²) in [5.41, 5.74) is 1.86. The second-order valence-electron chi connectivity index (χ2n) is 3.86. The number of nitrogens with one attached hydrogen (secondary N) is 1. The molecule has 0 amide bonds. The van der Waals surface area contributed by atoms with Crippen LogP contribution in [-0.4, -0.2) is 24.9 Å². The molecule has 1 N–H and O–H groups in total. The van der Waals surface area contributed by atoms with Crippen LogP contribution in [0.4, 0.5) is 4.39 Å². The van der Waals surface area contributed by atoms with Gasteiger partial charge < -0.3 is 0 Å². The summed E-state index contributed by atoms with van der Waals surface area (Å²) in [5.74, 6) is -0.401. The summed E-state index contributed by atoms with van der Waals surface area (Å²) in [6.45, 7) is 0. The number of aromatic amines is 1. The lowest BCUT2D eigenvalue weighted by atomic mass is 10.1. The van der Waals surface area contributed by atoms with Gasteiger partial charge in [-0.3, -0.25) is 5.10 Å². The fraction of sp³-hybridized carbons (Fsp3) is 0.182. The van der Waals surface area contributed by atoms with Crippen LogP contribution in [0.25, 0.3) is 11.3 Å². The molecule has 0 saturated heterocycles. The van der Waals surface area contributed by atoms with E-state index in [0.717, 1.165) is 11.8 Å². The average molecular weight is 254 g/mol. The third-order valence-corrected chi connectivity index (χ3v) is 3.02. The lowest BCUT2D eigenvalue weighted by molar-refractivity contribution is 0.600. The first kappa shape index (κ1) is 11.8. The van der Waals surface area contributed by atoms with E-state index < -0.39 is 9.84 Å². The van der Waals surface area contributed by atoms with Crippen molar-refractivity contribution in [2.24, 2.45) is 0 Å². The standard InChI is InChI=1S/C11H11FN2O2S/c1-17(15,16)7-10-6-11(14-13-10)8-2-4-9(12)5-3-8/h2-6H,7H2,1H3,(H,13,14). The second kappa shape index (κ2) is 4.29. The van der Waals surface area contributed by atoms with Crippen LogP contribution in [-0.2, 0) is 15.6 Å². The first-order valence-electron chi connectivity index (χ1n) is 4.92. The molecule has 0 unspecified atom stereocenters. The normalized spacial score (nSPS) is 11.6. The highest BCUT2D eigenvalue weighted by Gasteiger charge is 2.09. The SMILES string of the molecule is CS(=O)(=O)Cc1cc(-c2ccc(F)cc2)n[nH]1. The van der Waals surface area contributed by atoms with E-state index in [9.17, 15) is 12.8 Å². The first-order valence-corrected chi connectivity index (χ1v) is 6.98. The van der Waals surface area contributed by atoms with Crippen molar-refractivity contribution in [3.05, 3.63) is 41.8 Å². The van der Waals surface area contributed by atoms with Gasteiger partial charge in [-0.15, -0.1) is 0 Å². The molecule has 0 fully saturated rings. The number of halogens is 1. The largest absolute Gasteiger partial charge is 0.281 e. The fourth-order valence-corrected chi connectivity index (χ4v) is 2.20. The van der Waals surface area contributed by atoms with E-state index in [4.69, 9.17) is 0 Å². The molecule has 17 heavy (non-hydrogen) atoms. The highest BCUT2D eigenvalue weighted by Crippen LogP contribution is 2.18. The topological polar surface area (TPSA) is 62.8 Å². The molecule has 1 aromatic carbocycles. The monoisotopic (exact) mass is 254 g/mol. The van der Waals surface area contributed by atoms with Gasteiger partial charge in [-0.05, 0) is 30.3 Å². The van der Waals surface area contributed by atoms with Crippen LogP contribution in [0.1, 0.15) is 5.69 Å². The lowest BCUT2D eigenvalue weighted by Crippen LogP contribution is -2.00. The van der Waals surface area contributed by atoms with Gasteiger partial charge in [0.2, 0.25) is 0 Å². The number of nitrogens with zero attached hydrogens (tertiary/aromatic N) is 1. The molecule has 0 saturated carbocycles. The number of benzene rings is 1. The van der Waals surface area contributed by atoms with E-state index in [1.165, 1.54) is 12.1 Å². The Labute approximate surface area is 98.4 Å². The molecular weight excluding hydrogens is 243 g/mol. The van der Waals surface area contributed by atoms with Gasteiger partial charge >= 0.3 is 0 Å². The molecule has 0 aliphatic rings. The minimum atomic E-state index is -3.08. The van der Waals surface area contributed by atoms with Crippen LogP contribution < -0.4 is 0 Å². The smallest absolute Gasteiger partial charge is 0.153 e. The molecule has 6 heteroatoms. The molecular formula is C11H11FN2O2S. The minimum absolute atomic E-state index is 0.0821. The summed E-state index contributed by atoms with van der Waals surface area (Å²) >= 11 is 0. The van der Waals surface area contributed by atoms with Crippen LogP contribution >= 0.6 is 0 Å². The molecule has 0 spiro atoms. The fourth-order valence-electron chi connectivity index (χ4n) is 1.49. The molecule has 1 heterocycles. The van der Waals surface area contributed by atoms with Gasteiger partial charge in [0.05, 0.1) is 17.1 Å². The zero-order valence-electron chi connectivity index (χ0n) is 9.14. The molecule has 1 aromatic heterocycles. The Kier molecular flexibility index (Phi) is 2.97. The van der Waals surface area contributed by atoms with Crippen LogP contribution in [0.15, 0.2) is 30.3 Å². The van der Waals surface area contributed by atoms with Gasteiger partial charge in [0.1, 0.15) is 5.82 Å². The van der Waals surface area contributed by atoms with Crippen LogP contribution in [0.5, 0.6) is 0 Å². The predicted octanol–water partition coefficient (Wildman–Crippen LogP) is 1.76. The minimum Gasteiger partial charge on any atom is -0.281 e. The molecule has 0 aliphatic heterocycles. The van der Waals surface area contributed by atoms with Crippen molar-refractivity contribution >= 4 is 9.84 Å². The van der Waals surface area contributed by atoms with Crippen molar-refractivity contribution in [2.45, 2.75) is 5.75 Å². The summed E-state index contributed by atoms with van der Waals surface area (Å²) in [4.78, 5) is 0. The second-order valence-corrected chi connectivity index (χ2v) is 6.00. The number of hydrogen-bond donors (Lipinski definition) is 1. The highest BCUT2D eigenvalue weighted by molar-refractivity contribution is 7.89. The third-order valence-electron chi connectivity index (χ3n) is 2.19. The van der Waals surface area contributed by atoms with E-state index in [1.54, 1.807) is 18.2 Å². The van der Waals surface area contributed by atoms with Gasteiger partial charge in [0.25, 0.3) is 0 Å². The summed E-state index contributed by atoms with van der Waals surface area (Å²) in [6.07, 6.45) is 1.16. The zero-order valence-corrected chi connectivity index (χ0v) is 9.96. The number of hydrogen-bond acceptors (Lipinski definition) is 3. The average Bonchev–Trinajstić information content (AvgIpc) is 2.64. The maximum absolute atomic E-state index is 12.7. The van der Waals surface area contributed by atoms with Gasteiger partial charge in [0.15, 0.2) is 9.84 Å². The Morgan fingerprint density at radius 2 is 1.94 bits per heavy atom. The Bertz CT molecular complexity index is 617. The molecule has 0 bridgehead atoms. The van der Waals surface area contributed by atoms with Crippen LogP contribution in [0, 0.1) is 5.82 Å². The van der Waals surface area contributed by atoms with Crippen molar-refractivity contribution in [3.63, 3.8) is 0 Å². The van der Waals surface area contributed by atoms with Gasteiger partial charge in [-0.2, -0.15) is 5.10 Å².